The fraction of sp³-hybridized carbons (Fsp3) is 0.387. The van der Waals surface area contributed by atoms with Crippen molar-refractivity contribution in [2.24, 2.45) is 5.92 Å². The van der Waals surface area contributed by atoms with E-state index in [9.17, 15) is 53.8 Å². The number of nitrogen functional groups attached to an aromatic ring is 1. The molecule has 1 atom stereocenters. The van der Waals surface area contributed by atoms with Gasteiger partial charge in [-0.1, -0.05) is 40.7 Å². The van der Waals surface area contributed by atoms with Crippen molar-refractivity contribution in [1.29, 1.82) is 0 Å². The topological polar surface area (TPSA) is 72.5 Å². The number of anilines is 1. The van der Waals surface area contributed by atoms with Gasteiger partial charge >= 0.3 is 24.5 Å². The number of ether oxygens (including phenoxy) is 1. The molecule has 248 valence electrons. The van der Waals surface area contributed by atoms with Crippen LogP contribution >= 0.6 is 0 Å². The Kier molecular flexibility index (Phi) is 11.6. The minimum Gasteiger partial charge on any atom is -0.505 e. The van der Waals surface area contributed by atoms with Gasteiger partial charge in [0.05, 0.1) is 16.7 Å². The highest BCUT2D eigenvalue weighted by Crippen LogP contribution is 2.41. The number of rotatable bonds is 6. The van der Waals surface area contributed by atoms with Gasteiger partial charge in [-0.3, -0.25) is 4.79 Å². The van der Waals surface area contributed by atoms with Crippen LogP contribution in [-0.4, -0.2) is 11.1 Å². The average molecular weight is 656 g/mol. The van der Waals surface area contributed by atoms with Crippen LogP contribution in [0.3, 0.4) is 0 Å². The molecule has 0 heterocycles. The van der Waals surface area contributed by atoms with E-state index in [-0.39, 0.29) is 29.7 Å². The Morgan fingerprint density at radius 2 is 1.29 bits per heavy atom. The number of phenolic OH excluding ortho intramolecular Hbond substituents is 1. The summed E-state index contributed by atoms with van der Waals surface area (Å²) < 4.78 is 134. The van der Waals surface area contributed by atoms with Crippen LogP contribution in [0.2, 0.25) is 0 Å². The maximum atomic E-state index is 13.3. The van der Waals surface area contributed by atoms with Crippen LogP contribution in [0.1, 0.15) is 80.9 Å². The normalized spacial score (nSPS) is 13.0. The minimum atomic E-state index is -4.94. The molecular formula is C31H31F10NO3. The zero-order valence-electron chi connectivity index (χ0n) is 24.7. The minimum absolute atomic E-state index is 0.0334. The Bertz CT molecular complexity index is 1460. The number of benzene rings is 3. The Morgan fingerprint density at radius 1 is 0.778 bits per heavy atom. The summed E-state index contributed by atoms with van der Waals surface area (Å²) in [6.45, 7) is 8.06. The van der Waals surface area contributed by atoms with E-state index < -0.39 is 64.8 Å². The smallest absolute Gasteiger partial charge is 0.416 e. The average Bonchev–Trinajstić information content (AvgIpc) is 2.91. The molecule has 0 bridgehead atoms. The third-order valence-corrected chi connectivity index (χ3v) is 6.50. The molecule has 3 aromatic carbocycles. The standard InChI is InChI=1S/C16H15F4NO.C15H16F6O2/c1-8(2)11-5-9(16(18,19)20)3-4-10(11)12-6-15(22)13(17)7-14(12)21;1-4-12(22)23-13(8(2)3)9-5-10(14(16,17)18)7-11(6-9)15(19,20)21/h3-8,22H,21H2,1-2H3;5-8,13H,4H2,1-3H3/t;13-/m.0/s1. The van der Waals surface area contributed by atoms with Gasteiger partial charge in [0, 0.05) is 23.7 Å². The van der Waals surface area contributed by atoms with Crippen LogP contribution < -0.4 is 5.73 Å². The number of hydrogen-bond acceptors (Lipinski definition) is 4. The number of carbonyl (C=O) groups excluding carboxylic acids is 1. The lowest BCUT2D eigenvalue weighted by molar-refractivity contribution is -0.151. The third kappa shape index (κ3) is 9.76. The van der Waals surface area contributed by atoms with Gasteiger partial charge < -0.3 is 15.6 Å². The highest BCUT2D eigenvalue weighted by Gasteiger charge is 2.38. The summed E-state index contributed by atoms with van der Waals surface area (Å²) in [5.74, 6) is -2.87. The maximum Gasteiger partial charge on any atom is 0.416 e. The number of halogens is 10. The fourth-order valence-electron chi connectivity index (χ4n) is 4.23. The predicted molar refractivity (Wildman–Crippen MR) is 147 cm³/mol. The second kappa shape index (κ2) is 14.0. The van der Waals surface area contributed by atoms with E-state index in [0.29, 0.717) is 28.8 Å². The van der Waals surface area contributed by atoms with Crippen molar-refractivity contribution < 1.29 is 58.5 Å². The van der Waals surface area contributed by atoms with Crippen LogP contribution in [0.4, 0.5) is 49.6 Å². The van der Waals surface area contributed by atoms with Crippen molar-refractivity contribution in [3.8, 4) is 16.9 Å². The van der Waals surface area contributed by atoms with E-state index >= 15 is 0 Å². The summed E-state index contributed by atoms with van der Waals surface area (Å²) in [5, 5.41) is 9.49. The molecule has 0 aliphatic carbocycles. The zero-order valence-corrected chi connectivity index (χ0v) is 24.7. The second-order valence-corrected chi connectivity index (χ2v) is 10.7. The predicted octanol–water partition coefficient (Wildman–Crippen LogP) is 10.3. The molecule has 14 heteroatoms. The first-order valence-electron chi connectivity index (χ1n) is 13.5. The molecule has 0 aliphatic rings. The van der Waals surface area contributed by atoms with Crippen LogP contribution in [0.5, 0.6) is 5.75 Å². The van der Waals surface area contributed by atoms with Crippen molar-refractivity contribution in [2.45, 2.75) is 71.6 Å². The van der Waals surface area contributed by atoms with Crippen molar-refractivity contribution in [3.63, 3.8) is 0 Å². The van der Waals surface area contributed by atoms with E-state index in [1.165, 1.54) is 13.0 Å². The van der Waals surface area contributed by atoms with Crippen LogP contribution in [0, 0.1) is 11.7 Å². The molecule has 45 heavy (non-hydrogen) atoms. The largest absolute Gasteiger partial charge is 0.505 e. The molecule has 0 saturated carbocycles. The molecule has 0 aromatic heterocycles. The maximum absolute atomic E-state index is 13.3. The SMILES string of the molecule is CC(C)c1cc(C(F)(F)F)ccc1-c1cc(O)c(F)cc1N.CCC(=O)O[C@H](c1cc(C(F)(F)F)cc(C(F)(F)F)c1)C(C)C. The number of aromatic hydroxyl groups is 1. The van der Waals surface area contributed by atoms with E-state index in [2.05, 4.69) is 0 Å². The molecule has 0 spiro atoms. The summed E-state index contributed by atoms with van der Waals surface area (Å²) in [5.41, 5.74) is 3.01. The number of phenols is 1. The first kappa shape index (κ1) is 37.2. The Hall–Kier alpha value is -3.97. The van der Waals surface area contributed by atoms with Crippen molar-refractivity contribution in [2.75, 3.05) is 5.73 Å². The summed E-state index contributed by atoms with van der Waals surface area (Å²) >= 11 is 0. The number of alkyl halides is 9. The van der Waals surface area contributed by atoms with Gasteiger partial charge in [-0.2, -0.15) is 39.5 Å². The molecule has 0 unspecified atom stereocenters. The second-order valence-electron chi connectivity index (χ2n) is 10.7. The molecule has 0 fully saturated rings. The Labute approximate surface area is 252 Å². The van der Waals surface area contributed by atoms with E-state index in [4.69, 9.17) is 10.5 Å². The molecule has 3 rings (SSSR count). The molecule has 3 aromatic rings. The lowest BCUT2D eigenvalue weighted by atomic mass is 9.90. The van der Waals surface area contributed by atoms with Gasteiger partial charge in [0.15, 0.2) is 11.6 Å². The Balaban J connectivity index is 0.000000314. The first-order chi connectivity index (χ1) is 20.5. The summed E-state index contributed by atoms with van der Waals surface area (Å²) in [4.78, 5) is 11.4. The molecule has 0 amide bonds. The first-order valence-corrected chi connectivity index (χ1v) is 13.5. The van der Waals surface area contributed by atoms with Crippen molar-refractivity contribution >= 4 is 11.7 Å². The van der Waals surface area contributed by atoms with Gasteiger partial charge in [0.2, 0.25) is 0 Å². The van der Waals surface area contributed by atoms with E-state index in [1.807, 2.05) is 0 Å². The summed E-state index contributed by atoms with van der Waals surface area (Å²) in [7, 11) is 0. The number of carbonyl (C=O) groups is 1. The molecule has 3 N–H and O–H groups in total. The van der Waals surface area contributed by atoms with Gasteiger partial charge in [0.1, 0.15) is 6.10 Å². The number of esters is 1. The summed E-state index contributed by atoms with van der Waals surface area (Å²) in [6.07, 6.45) is -15.5. The van der Waals surface area contributed by atoms with E-state index in [1.54, 1.807) is 27.7 Å². The van der Waals surface area contributed by atoms with Gasteiger partial charge in [-0.15, -0.1) is 0 Å². The third-order valence-electron chi connectivity index (χ3n) is 6.50. The zero-order chi connectivity index (χ0) is 34.7. The highest BCUT2D eigenvalue weighted by molar-refractivity contribution is 5.80. The lowest BCUT2D eigenvalue weighted by Crippen LogP contribution is -2.18. The van der Waals surface area contributed by atoms with Gasteiger partial charge in [-0.25, -0.2) is 4.39 Å². The fourth-order valence-corrected chi connectivity index (χ4v) is 4.23. The lowest BCUT2D eigenvalue weighted by Gasteiger charge is -2.24. The molecule has 0 aliphatic heterocycles. The molecule has 0 saturated heterocycles. The van der Waals surface area contributed by atoms with Crippen LogP contribution in [0.15, 0.2) is 48.5 Å². The Morgan fingerprint density at radius 3 is 1.71 bits per heavy atom. The van der Waals surface area contributed by atoms with Crippen molar-refractivity contribution in [1.82, 2.24) is 0 Å². The molecule has 4 nitrogen and oxygen atoms in total. The molecular weight excluding hydrogens is 624 g/mol. The van der Waals surface area contributed by atoms with E-state index in [0.717, 1.165) is 24.3 Å². The van der Waals surface area contributed by atoms with Crippen LogP contribution in [-0.2, 0) is 28.1 Å². The van der Waals surface area contributed by atoms with Gasteiger partial charge in [-0.05, 0) is 64.9 Å². The van der Waals surface area contributed by atoms with Crippen molar-refractivity contribution in [3.05, 3.63) is 82.2 Å². The monoisotopic (exact) mass is 655 g/mol. The quantitative estimate of drug-likeness (QED) is 0.120. The number of nitrogens with two attached hydrogens (primary N) is 1. The summed E-state index contributed by atoms with van der Waals surface area (Å²) in [6, 6.07) is 6.59. The number of hydrogen-bond donors (Lipinski definition) is 2. The highest BCUT2D eigenvalue weighted by atomic mass is 19.4. The molecule has 0 radical (unpaired) electrons. The van der Waals surface area contributed by atoms with Crippen LogP contribution in [0.25, 0.3) is 11.1 Å². The van der Waals surface area contributed by atoms with Gasteiger partial charge in [0.25, 0.3) is 0 Å².